The second-order valence-corrected chi connectivity index (χ2v) is 3.61. The van der Waals surface area contributed by atoms with Crippen LogP contribution >= 0.6 is 11.6 Å². The van der Waals surface area contributed by atoms with Gasteiger partial charge in [0.15, 0.2) is 11.7 Å². The lowest BCUT2D eigenvalue weighted by molar-refractivity contribution is 0.101. The number of ether oxygens (including phenoxy) is 1. The monoisotopic (exact) mass is 239 g/mol. The molecule has 0 spiro atoms. The van der Waals surface area contributed by atoms with Gasteiger partial charge in [-0.05, 0) is 32.6 Å². The largest absolute Gasteiger partial charge is 0.480 e. The zero-order valence-electron chi connectivity index (χ0n) is 9.34. The number of benzene rings is 1. The summed E-state index contributed by atoms with van der Waals surface area (Å²) in [7, 11) is 0. The summed E-state index contributed by atoms with van der Waals surface area (Å²) in [6.07, 6.45) is 0. The molecule has 1 aromatic rings. The van der Waals surface area contributed by atoms with Gasteiger partial charge in [-0.25, -0.2) is 0 Å². The Morgan fingerprint density at radius 2 is 2.25 bits per heavy atom. The van der Waals surface area contributed by atoms with Crippen molar-refractivity contribution in [3.05, 3.63) is 41.2 Å². The zero-order valence-corrected chi connectivity index (χ0v) is 10.1. The van der Waals surface area contributed by atoms with E-state index < -0.39 is 0 Å². The van der Waals surface area contributed by atoms with Crippen molar-refractivity contribution in [2.45, 2.75) is 13.8 Å². The van der Waals surface area contributed by atoms with Crippen molar-refractivity contribution in [2.24, 2.45) is 0 Å². The molecule has 3 nitrogen and oxygen atoms in total. The van der Waals surface area contributed by atoms with Crippen molar-refractivity contribution < 1.29 is 9.53 Å². The van der Waals surface area contributed by atoms with Crippen molar-refractivity contribution in [2.75, 3.05) is 11.9 Å². The van der Waals surface area contributed by atoms with Crippen molar-refractivity contribution in [1.29, 1.82) is 0 Å². The quantitative estimate of drug-likeness (QED) is 0.632. The van der Waals surface area contributed by atoms with Crippen LogP contribution in [0.15, 0.2) is 30.7 Å². The SMILES string of the molecule is C=C(Nc1cccc(Cl)c1C(C)=O)OCC. The van der Waals surface area contributed by atoms with E-state index in [1.54, 1.807) is 18.2 Å². The molecule has 1 aromatic carbocycles. The van der Waals surface area contributed by atoms with E-state index in [4.69, 9.17) is 16.3 Å². The molecule has 0 fully saturated rings. The normalized spacial score (nSPS) is 9.69. The number of carbonyl (C=O) groups excluding carboxylic acids is 1. The Balaban J connectivity index is 3.00. The van der Waals surface area contributed by atoms with E-state index in [1.807, 2.05) is 6.92 Å². The fourth-order valence-corrected chi connectivity index (χ4v) is 1.65. The highest BCUT2D eigenvalue weighted by Gasteiger charge is 2.11. The molecule has 16 heavy (non-hydrogen) atoms. The minimum absolute atomic E-state index is 0.0996. The topological polar surface area (TPSA) is 38.3 Å². The second kappa shape index (κ2) is 5.56. The molecule has 0 aliphatic heterocycles. The van der Waals surface area contributed by atoms with Crippen LogP contribution in [0.5, 0.6) is 0 Å². The van der Waals surface area contributed by atoms with Crippen LogP contribution in [0, 0.1) is 0 Å². The first kappa shape index (κ1) is 12.6. The molecular weight excluding hydrogens is 226 g/mol. The van der Waals surface area contributed by atoms with Crippen molar-refractivity contribution in [1.82, 2.24) is 0 Å². The van der Waals surface area contributed by atoms with Crippen LogP contribution in [-0.2, 0) is 4.74 Å². The number of nitrogens with one attached hydrogen (secondary N) is 1. The van der Waals surface area contributed by atoms with Crippen LogP contribution < -0.4 is 5.32 Å². The highest BCUT2D eigenvalue weighted by atomic mass is 35.5. The summed E-state index contributed by atoms with van der Waals surface area (Å²) in [6.45, 7) is 7.52. The van der Waals surface area contributed by atoms with Crippen LogP contribution in [0.25, 0.3) is 0 Å². The molecule has 0 aliphatic rings. The number of Topliss-reactive ketones (excluding diaryl/α,β-unsaturated/α-hetero) is 1. The third-order valence-corrected chi connectivity index (χ3v) is 2.27. The molecule has 0 radical (unpaired) electrons. The molecule has 0 unspecified atom stereocenters. The zero-order chi connectivity index (χ0) is 12.1. The van der Waals surface area contributed by atoms with E-state index in [9.17, 15) is 4.79 Å². The Labute approximate surface area is 100 Å². The minimum Gasteiger partial charge on any atom is -0.480 e. The maximum Gasteiger partial charge on any atom is 0.183 e. The van der Waals surface area contributed by atoms with E-state index in [1.165, 1.54) is 6.92 Å². The number of halogens is 1. The number of hydrogen-bond donors (Lipinski definition) is 1. The van der Waals surface area contributed by atoms with E-state index in [0.717, 1.165) is 0 Å². The third kappa shape index (κ3) is 3.00. The Bertz CT molecular complexity index is 415. The molecule has 86 valence electrons. The summed E-state index contributed by atoms with van der Waals surface area (Å²) in [4.78, 5) is 11.4. The van der Waals surface area contributed by atoms with Crippen molar-refractivity contribution in [3.8, 4) is 0 Å². The lowest BCUT2D eigenvalue weighted by Crippen LogP contribution is -2.07. The predicted octanol–water partition coefficient (Wildman–Crippen LogP) is 3.46. The summed E-state index contributed by atoms with van der Waals surface area (Å²) in [5, 5.41) is 3.33. The summed E-state index contributed by atoms with van der Waals surface area (Å²) in [5.41, 5.74) is 1.06. The Hall–Kier alpha value is -1.48. The third-order valence-electron chi connectivity index (χ3n) is 1.96. The maximum atomic E-state index is 11.4. The van der Waals surface area contributed by atoms with Gasteiger partial charge in [-0.3, -0.25) is 4.79 Å². The molecule has 0 atom stereocenters. The Morgan fingerprint density at radius 1 is 1.56 bits per heavy atom. The van der Waals surface area contributed by atoms with Gasteiger partial charge in [-0.1, -0.05) is 17.7 Å². The van der Waals surface area contributed by atoms with Crippen LogP contribution in [0.2, 0.25) is 5.02 Å². The number of ketones is 1. The molecular formula is C12H14ClNO2. The molecule has 0 amide bonds. The summed E-state index contributed by atoms with van der Waals surface area (Å²) >= 11 is 5.95. The van der Waals surface area contributed by atoms with Crippen LogP contribution in [0.3, 0.4) is 0 Å². The first-order chi connectivity index (χ1) is 7.56. The van der Waals surface area contributed by atoms with Crippen molar-refractivity contribution >= 4 is 23.1 Å². The molecule has 0 bridgehead atoms. The Morgan fingerprint density at radius 3 is 2.81 bits per heavy atom. The van der Waals surface area contributed by atoms with Gasteiger partial charge < -0.3 is 10.1 Å². The van der Waals surface area contributed by atoms with Gasteiger partial charge in [0, 0.05) is 0 Å². The molecule has 0 aliphatic carbocycles. The van der Waals surface area contributed by atoms with Gasteiger partial charge in [0.2, 0.25) is 0 Å². The van der Waals surface area contributed by atoms with Gasteiger partial charge in [0.1, 0.15) is 0 Å². The standard InChI is InChI=1S/C12H14ClNO2/c1-4-16-9(3)14-11-7-5-6-10(13)12(11)8(2)15/h5-7,14H,3-4H2,1-2H3. The summed E-state index contributed by atoms with van der Waals surface area (Å²) < 4.78 is 5.16. The highest BCUT2D eigenvalue weighted by Crippen LogP contribution is 2.25. The second-order valence-electron chi connectivity index (χ2n) is 3.20. The van der Waals surface area contributed by atoms with Gasteiger partial charge in [-0.15, -0.1) is 0 Å². The summed E-state index contributed by atoms with van der Waals surface area (Å²) in [5.74, 6) is 0.296. The number of anilines is 1. The number of hydrogen-bond acceptors (Lipinski definition) is 3. The number of rotatable bonds is 5. The minimum atomic E-state index is -0.0996. The predicted molar refractivity (Wildman–Crippen MR) is 65.8 cm³/mol. The van der Waals surface area contributed by atoms with E-state index >= 15 is 0 Å². The fraction of sp³-hybridized carbons (Fsp3) is 0.250. The lowest BCUT2D eigenvalue weighted by Gasteiger charge is -2.13. The molecule has 1 N–H and O–H groups in total. The highest BCUT2D eigenvalue weighted by molar-refractivity contribution is 6.34. The van der Waals surface area contributed by atoms with E-state index in [-0.39, 0.29) is 5.78 Å². The van der Waals surface area contributed by atoms with E-state index in [0.29, 0.717) is 28.8 Å². The van der Waals surface area contributed by atoms with Gasteiger partial charge in [0.25, 0.3) is 0 Å². The summed E-state index contributed by atoms with van der Waals surface area (Å²) in [6, 6.07) is 5.19. The average molecular weight is 240 g/mol. The van der Waals surface area contributed by atoms with Crippen molar-refractivity contribution in [3.63, 3.8) is 0 Å². The lowest BCUT2D eigenvalue weighted by atomic mass is 10.1. The van der Waals surface area contributed by atoms with Gasteiger partial charge >= 0.3 is 0 Å². The van der Waals surface area contributed by atoms with Crippen LogP contribution in [-0.4, -0.2) is 12.4 Å². The smallest absolute Gasteiger partial charge is 0.183 e. The molecule has 0 saturated carbocycles. The average Bonchev–Trinajstić information content (AvgIpc) is 2.17. The molecule has 0 heterocycles. The molecule has 0 aromatic heterocycles. The van der Waals surface area contributed by atoms with Crippen LogP contribution in [0.4, 0.5) is 5.69 Å². The molecule has 0 saturated heterocycles. The van der Waals surface area contributed by atoms with Gasteiger partial charge in [-0.2, -0.15) is 0 Å². The van der Waals surface area contributed by atoms with E-state index in [2.05, 4.69) is 11.9 Å². The fourth-order valence-electron chi connectivity index (χ4n) is 1.35. The van der Waals surface area contributed by atoms with Gasteiger partial charge in [0.05, 0.1) is 22.9 Å². The maximum absolute atomic E-state index is 11.4. The molecule has 4 heteroatoms. The first-order valence-corrected chi connectivity index (χ1v) is 5.32. The first-order valence-electron chi connectivity index (χ1n) is 4.94. The Kier molecular flexibility index (Phi) is 4.38. The molecule has 1 rings (SSSR count). The number of carbonyl (C=O) groups is 1. The van der Waals surface area contributed by atoms with Crippen LogP contribution in [0.1, 0.15) is 24.2 Å².